The first-order valence-electron chi connectivity index (χ1n) is 9.62. The average Bonchev–Trinajstić information content (AvgIpc) is 2.97. The molecule has 0 bridgehead atoms. The number of likely N-dealkylation sites (N-methyl/N-ethyl adjacent to an activating group) is 1. The Labute approximate surface area is 174 Å². The molecule has 0 aliphatic carbocycles. The van der Waals surface area contributed by atoms with Gasteiger partial charge in [-0.1, -0.05) is 24.0 Å². The normalized spacial score (nSPS) is 18.9. The van der Waals surface area contributed by atoms with Crippen molar-refractivity contribution in [3.63, 3.8) is 0 Å². The summed E-state index contributed by atoms with van der Waals surface area (Å²) in [5, 5.41) is 9.58. The van der Waals surface area contributed by atoms with Crippen molar-refractivity contribution in [3.05, 3.63) is 31.9 Å². The molecule has 3 heterocycles. The van der Waals surface area contributed by atoms with Crippen LogP contribution < -0.4 is 10.5 Å². The molecule has 28 heavy (non-hydrogen) atoms. The number of carbonyl (C=O) groups excluding carboxylic acids is 1. The van der Waals surface area contributed by atoms with E-state index < -0.39 is 0 Å². The quantitative estimate of drug-likeness (QED) is 0.554. The Kier molecular flexibility index (Phi) is 6.26. The highest BCUT2D eigenvalue weighted by atomic mass is 32.2. The lowest BCUT2D eigenvalue weighted by molar-refractivity contribution is -0.121. The molecule has 1 amide bonds. The lowest BCUT2D eigenvalue weighted by Crippen LogP contribution is -2.37. The van der Waals surface area contributed by atoms with Gasteiger partial charge in [-0.15, -0.1) is 0 Å². The van der Waals surface area contributed by atoms with Gasteiger partial charge in [-0.25, -0.2) is 0 Å². The molecule has 0 spiro atoms. The third-order valence-electron chi connectivity index (χ3n) is 5.28. The minimum absolute atomic E-state index is 0.116. The number of nitriles is 1. The Morgan fingerprint density at radius 2 is 1.86 bits per heavy atom. The van der Waals surface area contributed by atoms with Crippen LogP contribution in [0.1, 0.15) is 49.8 Å². The van der Waals surface area contributed by atoms with E-state index in [1.807, 2.05) is 19.9 Å². The van der Waals surface area contributed by atoms with Gasteiger partial charge in [0.15, 0.2) is 0 Å². The van der Waals surface area contributed by atoms with Crippen LogP contribution in [0.2, 0.25) is 0 Å². The molecule has 0 saturated carbocycles. The van der Waals surface area contributed by atoms with Crippen LogP contribution in [0.4, 0.5) is 5.82 Å². The molecule has 1 aromatic heterocycles. The smallest absolute Gasteiger partial charge is 0.270 e. The fourth-order valence-corrected chi connectivity index (χ4v) is 5.15. The van der Waals surface area contributed by atoms with Crippen molar-refractivity contribution in [1.82, 2.24) is 9.47 Å². The van der Waals surface area contributed by atoms with E-state index in [0.29, 0.717) is 27.9 Å². The first-order chi connectivity index (χ1) is 13.4. The van der Waals surface area contributed by atoms with Crippen molar-refractivity contribution < 1.29 is 4.79 Å². The van der Waals surface area contributed by atoms with E-state index >= 15 is 0 Å². The molecule has 148 valence electrons. The van der Waals surface area contributed by atoms with Crippen molar-refractivity contribution >= 4 is 46.1 Å². The van der Waals surface area contributed by atoms with Crippen molar-refractivity contribution in [1.29, 1.82) is 5.26 Å². The van der Waals surface area contributed by atoms with Gasteiger partial charge < -0.3 is 4.90 Å². The Hall–Kier alpha value is -2.11. The molecule has 0 aromatic carbocycles. The van der Waals surface area contributed by atoms with Crippen LogP contribution in [-0.4, -0.2) is 39.3 Å². The summed E-state index contributed by atoms with van der Waals surface area (Å²) in [6.45, 7) is 8.31. The second-order valence-corrected chi connectivity index (χ2v) is 8.55. The summed E-state index contributed by atoms with van der Waals surface area (Å²) in [4.78, 5) is 30.0. The number of aromatic nitrogens is 1. The summed E-state index contributed by atoms with van der Waals surface area (Å²) in [5.74, 6) is 0.694. The molecule has 0 N–H and O–H groups in total. The molecule has 2 fully saturated rings. The number of thiocarbonyl (C=S) groups is 1. The Bertz CT molecular complexity index is 952. The number of nitrogens with zero attached hydrogens (tertiary/aromatic N) is 4. The van der Waals surface area contributed by atoms with Crippen molar-refractivity contribution in [2.45, 2.75) is 46.6 Å². The van der Waals surface area contributed by atoms with Crippen LogP contribution in [0.5, 0.6) is 0 Å². The largest absolute Gasteiger partial charge is 0.357 e. The predicted octanol–water partition coefficient (Wildman–Crippen LogP) is 3.26. The predicted molar refractivity (Wildman–Crippen MR) is 117 cm³/mol. The zero-order chi connectivity index (χ0) is 20.4. The Morgan fingerprint density at radius 1 is 1.18 bits per heavy atom. The summed E-state index contributed by atoms with van der Waals surface area (Å²) in [6, 6.07) is 2.06. The number of thioether (sulfide) groups is 1. The van der Waals surface area contributed by atoms with E-state index in [0.717, 1.165) is 37.3 Å². The number of piperidine rings is 1. The molecule has 8 heteroatoms. The number of hydrogen-bond donors (Lipinski definition) is 0. The Morgan fingerprint density at radius 3 is 2.39 bits per heavy atom. The maximum absolute atomic E-state index is 12.9. The van der Waals surface area contributed by atoms with Crippen LogP contribution in [0.15, 0.2) is 9.70 Å². The number of anilines is 1. The van der Waals surface area contributed by atoms with Gasteiger partial charge in [-0.05, 0) is 51.7 Å². The minimum Gasteiger partial charge on any atom is -0.357 e. The molecule has 0 atom stereocenters. The van der Waals surface area contributed by atoms with Gasteiger partial charge in [0, 0.05) is 31.7 Å². The van der Waals surface area contributed by atoms with Crippen LogP contribution in [-0.2, 0) is 11.3 Å². The van der Waals surface area contributed by atoms with E-state index in [4.69, 9.17) is 12.2 Å². The summed E-state index contributed by atoms with van der Waals surface area (Å²) in [5.41, 5.74) is 1.28. The number of rotatable bonds is 4. The van der Waals surface area contributed by atoms with Crippen molar-refractivity contribution in [2.24, 2.45) is 0 Å². The maximum atomic E-state index is 12.9. The van der Waals surface area contributed by atoms with Crippen LogP contribution >= 0.6 is 24.0 Å². The molecule has 0 unspecified atom stereocenters. The van der Waals surface area contributed by atoms with Crippen molar-refractivity contribution in [2.75, 3.05) is 24.5 Å². The Balaban J connectivity index is 2.26. The molecule has 6 nitrogen and oxygen atoms in total. The number of hydrogen-bond acceptors (Lipinski definition) is 6. The molecule has 2 saturated heterocycles. The zero-order valence-electron chi connectivity index (χ0n) is 16.4. The number of pyridine rings is 1. The topological polar surface area (TPSA) is 69.3 Å². The third kappa shape index (κ3) is 3.49. The van der Waals surface area contributed by atoms with Gasteiger partial charge in [0.2, 0.25) is 0 Å². The second kappa shape index (κ2) is 8.50. The average molecular weight is 417 g/mol. The SMILES string of the molecule is CCN1C(=O)/C(=C/c2c(C)c(C#N)c(=O)n(CC)c2N2CCCCC2)SC1=S. The lowest BCUT2D eigenvalue weighted by atomic mass is 10.0. The summed E-state index contributed by atoms with van der Waals surface area (Å²) >= 11 is 6.60. The van der Waals surface area contributed by atoms with E-state index in [2.05, 4.69) is 11.0 Å². The van der Waals surface area contributed by atoms with Gasteiger partial charge >= 0.3 is 0 Å². The lowest BCUT2D eigenvalue weighted by Gasteiger charge is -2.33. The van der Waals surface area contributed by atoms with E-state index in [9.17, 15) is 14.9 Å². The molecular weight excluding hydrogens is 392 g/mol. The van der Waals surface area contributed by atoms with Crippen LogP contribution in [0, 0.1) is 18.3 Å². The first kappa shape index (κ1) is 20.6. The highest BCUT2D eigenvalue weighted by molar-refractivity contribution is 8.26. The van der Waals surface area contributed by atoms with Gasteiger partial charge in [0.25, 0.3) is 11.5 Å². The van der Waals surface area contributed by atoms with E-state index in [-0.39, 0.29) is 17.0 Å². The van der Waals surface area contributed by atoms with E-state index in [1.54, 1.807) is 16.4 Å². The number of amides is 1. The van der Waals surface area contributed by atoms with E-state index in [1.165, 1.54) is 18.2 Å². The molecule has 3 rings (SSSR count). The second-order valence-electron chi connectivity index (χ2n) is 6.87. The zero-order valence-corrected chi connectivity index (χ0v) is 18.1. The fourth-order valence-electron chi connectivity index (χ4n) is 3.79. The standard InChI is InChI=1S/C20H24N4O2S2/c1-4-23-17(22-9-7-6-8-10-22)14(13(3)15(12-21)18(23)25)11-16-19(26)24(5-2)20(27)28-16/h11H,4-10H2,1-3H3/b16-11-. The maximum Gasteiger partial charge on any atom is 0.270 e. The minimum atomic E-state index is -0.263. The molecule has 0 radical (unpaired) electrons. The molecular formula is C20H24N4O2S2. The summed E-state index contributed by atoms with van der Waals surface area (Å²) < 4.78 is 2.21. The van der Waals surface area contributed by atoms with Gasteiger partial charge in [-0.3, -0.25) is 19.1 Å². The monoisotopic (exact) mass is 416 g/mol. The highest BCUT2D eigenvalue weighted by Crippen LogP contribution is 2.36. The fraction of sp³-hybridized carbons (Fsp3) is 0.500. The van der Waals surface area contributed by atoms with Crippen LogP contribution in [0.3, 0.4) is 0 Å². The van der Waals surface area contributed by atoms with Gasteiger partial charge in [0.1, 0.15) is 21.8 Å². The molecule has 2 aliphatic rings. The highest BCUT2D eigenvalue weighted by Gasteiger charge is 2.32. The summed E-state index contributed by atoms with van der Waals surface area (Å²) in [7, 11) is 0. The van der Waals surface area contributed by atoms with Gasteiger partial charge in [-0.2, -0.15) is 5.26 Å². The van der Waals surface area contributed by atoms with Gasteiger partial charge in [0.05, 0.1) is 4.91 Å². The summed E-state index contributed by atoms with van der Waals surface area (Å²) in [6.07, 6.45) is 5.12. The van der Waals surface area contributed by atoms with Crippen molar-refractivity contribution in [3.8, 4) is 6.07 Å². The first-order valence-corrected chi connectivity index (χ1v) is 10.8. The van der Waals surface area contributed by atoms with Crippen LogP contribution in [0.25, 0.3) is 6.08 Å². The number of carbonyl (C=O) groups is 1. The third-order valence-corrected chi connectivity index (χ3v) is 6.66. The molecule has 1 aromatic rings. The molecule has 2 aliphatic heterocycles.